The van der Waals surface area contributed by atoms with Crippen molar-refractivity contribution in [3.05, 3.63) is 52.8 Å². The van der Waals surface area contributed by atoms with E-state index in [-0.39, 0.29) is 5.56 Å². The number of H-pyrrole nitrogens is 1. The standard InChI is InChI=1S/C21H23N3O2/c1-14-8-10-24(11-9-14)16-6-7-19-18(13-16)21(25)23-20(22-19)15-4-3-5-17(12-15)26-2/h3-7,12-14H,8-11H2,1-2H3,(H,22,23,25). The van der Waals surface area contributed by atoms with E-state index in [0.29, 0.717) is 16.7 Å². The first-order valence-electron chi connectivity index (χ1n) is 9.07. The SMILES string of the molecule is COc1cccc(-c2nc3ccc(N4CCC(C)CC4)cc3c(=O)[nH]2)c1. The number of hydrogen-bond acceptors (Lipinski definition) is 4. The number of piperidine rings is 1. The number of rotatable bonds is 3. The second-order valence-electron chi connectivity index (χ2n) is 7.02. The summed E-state index contributed by atoms with van der Waals surface area (Å²) in [5.41, 5.74) is 2.53. The van der Waals surface area contributed by atoms with E-state index in [1.54, 1.807) is 7.11 Å². The summed E-state index contributed by atoms with van der Waals surface area (Å²) in [6, 6.07) is 13.5. The van der Waals surface area contributed by atoms with Crippen molar-refractivity contribution in [1.82, 2.24) is 9.97 Å². The molecule has 1 aliphatic rings. The van der Waals surface area contributed by atoms with Gasteiger partial charge in [0, 0.05) is 24.3 Å². The second-order valence-corrected chi connectivity index (χ2v) is 7.02. The lowest BCUT2D eigenvalue weighted by Crippen LogP contribution is -2.32. The Balaban J connectivity index is 1.72. The summed E-state index contributed by atoms with van der Waals surface area (Å²) in [5, 5.41) is 0.632. The van der Waals surface area contributed by atoms with Gasteiger partial charge in [0.05, 0.1) is 18.0 Å². The fourth-order valence-electron chi connectivity index (χ4n) is 3.50. The van der Waals surface area contributed by atoms with Gasteiger partial charge in [-0.25, -0.2) is 4.98 Å². The lowest BCUT2D eigenvalue weighted by Gasteiger charge is -2.32. The molecule has 0 unspecified atom stereocenters. The third kappa shape index (κ3) is 3.17. The van der Waals surface area contributed by atoms with Crippen molar-refractivity contribution < 1.29 is 4.74 Å². The molecular formula is C21H23N3O2. The lowest BCUT2D eigenvalue weighted by molar-refractivity contribution is 0.415. The van der Waals surface area contributed by atoms with Gasteiger partial charge in [0.25, 0.3) is 5.56 Å². The number of hydrogen-bond donors (Lipinski definition) is 1. The van der Waals surface area contributed by atoms with Gasteiger partial charge < -0.3 is 14.6 Å². The number of benzene rings is 2. The summed E-state index contributed by atoms with van der Waals surface area (Å²) in [6.45, 7) is 4.38. The smallest absolute Gasteiger partial charge is 0.259 e. The Bertz CT molecular complexity index is 988. The number of anilines is 1. The number of nitrogens with zero attached hydrogens (tertiary/aromatic N) is 2. The van der Waals surface area contributed by atoms with Gasteiger partial charge in [0.2, 0.25) is 0 Å². The van der Waals surface area contributed by atoms with Gasteiger partial charge in [0.15, 0.2) is 0 Å². The molecular weight excluding hydrogens is 326 g/mol. The van der Waals surface area contributed by atoms with Crippen LogP contribution in [0.1, 0.15) is 19.8 Å². The molecule has 0 radical (unpaired) electrons. The monoisotopic (exact) mass is 349 g/mol. The van der Waals surface area contributed by atoms with E-state index < -0.39 is 0 Å². The fourth-order valence-corrected chi connectivity index (χ4v) is 3.50. The minimum atomic E-state index is -0.111. The highest BCUT2D eigenvalue weighted by molar-refractivity contribution is 5.83. The first-order valence-corrected chi connectivity index (χ1v) is 9.07. The molecule has 0 spiro atoms. The van der Waals surface area contributed by atoms with Crippen molar-refractivity contribution in [2.75, 3.05) is 25.1 Å². The summed E-state index contributed by atoms with van der Waals surface area (Å²) < 4.78 is 5.26. The van der Waals surface area contributed by atoms with E-state index >= 15 is 0 Å². The Kier molecular flexibility index (Phi) is 4.37. The van der Waals surface area contributed by atoms with E-state index in [9.17, 15) is 4.79 Å². The number of aromatic amines is 1. The molecule has 1 N–H and O–H groups in total. The number of nitrogens with one attached hydrogen (secondary N) is 1. The van der Waals surface area contributed by atoms with Gasteiger partial charge in [-0.1, -0.05) is 19.1 Å². The first kappa shape index (κ1) is 16.6. The summed E-state index contributed by atoms with van der Waals surface area (Å²) in [4.78, 5) is 22.6. The van der Waals surface area contributed by atoms with Gasteiger partial charge in [-0.15, -0.1) is 0 Å². The Hall–Kier alpha value is -2.82. The van der Waals surface area contributed by atoms with E-state index in [0.717, 1.165) is 36.0 Å². The maximum atomic E-state index is 12.7. The predicted molar refractivity (Wildman–Crippen MR) is 105 cm³/mol. The van der Waals surface area contributed by atoms with E-state index in [1.165, 1.54) is 12.8 Å². The molecule has 1 saturated heterocycles. The number of ether oxygens (including phenoxy) is 1. The third-order valence-electron chi connectivity index (χ3n) is 5.18. The Morgan fingerprint density at radius 2 is 1.96 bits per heavy atom. The van der Waals surface area contributed by atoms with Crippen molar-refractivity contribution in [3.8, 4) is 17.1 Å². The van der Waals surface area contributed by atoms with Gasteiger partial charge in [0.1, 0.15) is 11.6 Å². The average molecular weight is 349 g/mol. The molecule has 26 heavy (non-hydrogen) atoms. The van der Waals surface area contributed by atoms with Crippen molar-refractivity contribution in [1.29, 1.82) is 0 Å². The normalized spacial score (nSPS) is 15.4. The zero-order valence-electron chi connectivity index (χ0n) is 15.2. The number of methoxy groups -OCH3 is 1. The van der Waals surface area contributed by atoms with Crippen molar-refractivity contribution >= 4 is 16.6 Å². The Labute approximate surface area is 152 Å². The highest BCUT2D eigenvalue weighted by Crippen LogP contribution is 2.26. The predicted octanol–water partition coefficient (Wildman–Crippen LogP) is 3.84. The minimum absolute atomic E-state index is 0.111. The fraction of sp³-hybridized carbons (Fsp3) is 0.333. The van der Waals surface area contributed by atoms with Gasteiger partial charge in [-0.2, -0.15) is 0 Å². The van der Waals surface area contributed by atoms with Crippen LogP contribution in [0.2, 0.25) is 0 Å². The van der Waals surface area contributed by atoms with Crippen LogP contribution < -0.4 is 15.2 Å². The molecule has 2 aromatic carbocycles. The molecule has 0 bridgehead atoms. The van der Waals surface area contributed by atoms with Crippen LogP contribution in [0.15, 0.2) is 47.3 Å². The van der Waals surface area contributed by atoms with E-state index in [4.69, 9.17) is 4.74 Å². The highest BCUT2D eigenvalue weighted by atomic mass is 16.5. The quantitative estimate of drug-likeness (QED) is 0.781. The molecule has 5 heteroatoms. The van der Waals surface area contributed by atoms with E-state index in [1.807, 2.05) is 36.4 Å². The number of fused-ring (bicyclic) bond motifs is 1. The molecule has 134 valence electrons. The van der Waals surface area contributed by atoms with Gasteiger partial charge in [-0.05, 0) is 49.1 Å². The molecule has 1 aromatic heterocycles. The maximum absolute atomic E-state index is 12.7. The zero-order chi connectivity index (χ0) is 18.1. The maximum Gasteiger partial charge on any atom is 0.259 e. The Morgan fingerprint density at radius 3 is 2.73 bits per heavy atom. The summed E-state index contributed by atoms with van der Waals surface area (Å²) in [7, 11) is 1.62. The topological polar surface area (TPSA) is 58.2 Å². The van der Waals surface area contributed by atoms with Crippen LogP contribution in [0.5, 0.6) is 5.75 Å². The van der Waals surface area contributed by atoms with Crippen LogP contribution in [0.4, 0.5) is 5.69 Å². The highest BCUT2D eigenvalue weighted by Gasteiger charge is 2.17. The van der Waals surface area contributed by atoms with Crippen LogP contribution >= 0.6 is 0 Å². The van der Waals surface area contributed by atoms with Crippen LogP contribution in [0, 0.1) is 5.92 Å². The molecule has 0 amide bonds. The molecule has 5 nitrogen and oxygen atoms in total. The molecule has 1 aliphatic heterocycles. The van der Waals surface area contributed by atoms with Gasteiger partial charge in [-0.3, -0.25) is 4.79 Å². The molecule has 4 rings (SSSR count). The first-order chi connectivity index (χ1) is 12.6. The molecule has 1 fully saturated rings. The van der Waals surface area contributed by atoms with E-state index in [2.05, 4.69) is 27.9 Å². The molecule has 3 aromatic rings. The largest absolute Gasteiger partial charge is 0.497 e. The van der Waals surface area contributed by atoms with Gasteiger partial charge >= 0.3 is 0 Å². The van der Waals surface area contributed by atoms with Crippen LogP contribution in [-0.4, -0.2) is 30.2 Å². The van der Waals surface area contributed by atoms with Crippen LogP contribution in [0.25, 0.3) is 22.3 Å². The molecule has 0 saturated carbocycles. The molecule has 0 aliphatic carbocycles. The third-order valence-corrected chi connectivity index (χ3v) is 5.18. The van der Waals surface area contributed by atoms with Crippen LogP contribution in [-0.2, 0) is 0 Å². The second kappa shape index (κ2) is 6.83. The molecule has 0 atom stereocenters. The molecule has 2 heterocycles. The summed E-state index contributed by atoms with van der Waals surface area (Å²) in [6.07, 6.45) is 2.39. The minimum Gasteiger partial charge on any atom is -0.497 e. The lowest BCUT2D eigenvalue weighted by atomic mass is 9.98. The zero-order valence-corrected chi connectivity index (χ0v) is 15.2. The number of aromatic nitrogens is 2. The summed E-state index contributed by atoms with van der Waals surface area (Å²) >= 11 is 0. The summed E-state index contributed by atoms with van der Waals surface area (Å²) in [5.74, 6) is 2.07. The van der Waals surface area contributed by atoms with Crippen molar-refractivity contribution in [2.24, 2.45) is 5.92 Å². The average Bonchev–Trinajstić information content (AvgIpc) is 2.68. The van der Waals surface area contributed by atoms with Crippen molar-refractivity contribution in [3.63, 3.8) is 0 Å². The van der Waals surface area contributed by atoms with Crippen molar-refractivity contribution in [2.45, 2.75) is 19.8 Å². The van der Waals surface area contributed by atoms with Crippen LogP contribution in [0.3, 0.4) is 0 Å². The Morgan fingerprint density at radius 1 is 1.15 bits per heavy atom.